The van der Waals surface area contributed by atoms with Crippen molar-refractivity contribution >= 4 is 28.9 Å². The normalized spacial score (nSPS) is 19.9. The van der Waals surface area contributed by atoms with Crippen LogP contribution in [-0.4, -0.2) is 56.5 Å². The van der Waals surface area contributed by atoms with E-state index in [0.717, 1.165) is 23.8 Å². The van der Waals surface area contributed by atoms with Crippen LogP contribution in [0.1, 0.15) is 5.56 Å². The Morgan fingerprint density at radius 1 is 1.26 bits per heavy atom. The standard InChI is InChI=1S/C16H18N2O4S/c1-20-12-5-3-4-11(14(12)21-2)10-13-15(19)17-16(23-13)18-6-8-22-9-7-18/h3-5,10H,6-9H2,1-2H3. The zero-order valence-corrected chi connectivity index (χ0v) is 13.9. The number of nitrogens with zero attached hydrogens (tertiary/aromatic N) is 2. The summed E-state index contributed by atoms with van der Waals surface area (Å²) in [6.45, 7) is 2.84. The number of para-hydroxylation sites is 1. The number of amides is 1. The smallest absolute Gasteiger partial charge is 0.286 e. The molecule has 1 fully saturated rings. The average molecular weight is 334 g/mol. The van der Waals surface area contributed by atoms with Crippen molar-refractivity contribution in [1.29, 1.82) is 0 Å². The first-order chi connectivity index (χ1) is 11.2. The number of morpholine rings is 1. The molecule has 0 saturated carbocycles. The summed E-state index contributed by atoms with van der Waals surface area (Å²) in [6, 6.07) is 5.57. The second-order valence-electron chi connectivity index (χ2n) is 4.99. The van der Waals surface area contributed by atoms with E-state index in [1.165, 1.54) is 11.8 Å². The van der Waals surface area contributed by atoms with Crippen LogP contribution in [0, 0.1) is 0 Å². The molecule has 1 aromatic rings. The first-order valence-corrected chi connectivity index (χ1v) is 8.11. The summed E-state index contributed by atoms with van der Waals surface area (Å²) in [6.07, 6.45) is 1.80. The second-order valence-corrected chi connectivity index (χ2v) is 6.00. The van der Waals surface area contributed by atoms with Crippen LogP contribution in [-0.2, 0) is 9.53 Å². The minimum Gasteiger partial charge on any atom is -0.493 e. The lowest BCUT2D eigenvalue weighted by Gasteiger charge is -2.27. The first-order valence-electron chi connectivity index (χ1n) is 7.29. The monoisotopic (exact) mass is 334 g/mol. The molecule has 0 radical (unpaired) electrons. The summed E-state index contributed by atoms with van der Waals surface area (Å²) >= 11 is 1.39. The predicted octanol–water partition coefficient (Wildman–Crippen LogP) is 2.01. The van der Waals surface area contributed by atoms with Gasteiger partial charge in [-0.3, -0.25) is 4.79 Å². The molecule has 2 aliphatic heterocycles. The quantitative estimate of drug-likeness (QED) is 0.788. The maximum Gasteiger partial charge on any atom is 0.286 e. The Morgan fingerprint density at radius 2 is 2.04 bits per heavy atom. The fourth-order valence-electron chi connectivity index (χ4n) is 2.45. The number of amidine groups is 1. The van der Waals surface area contributed by atoms with Crippen molar-refractivity contribution in [1.82, 2.24) is 4.90 Å². The van der Waals surface area contributed by atoms with Crippen molar-refractivity contribution < 1.29 is 19.0 Å². The minimum atomic E-state index is -0.221. The molecule has 1 saturated heterocycles. The molecule has 1 aromatic carbocycles. The molecular formula is C16H18N2O4S. The summed E-state index contributed by atoms with van der Waals surface area (Å²) in [4.78, 5) is 19.0. The van der Waals surface area contributed by atoms with Crippen LogP contribution in [0.15, 0.2) is 28.1 Å². The molecule has 1 amide bonds. The Labute approximate surface area is 139 Å². The van der Waals surface area contributed by atoms with E-state index in [4.69, 9.17) is 14.2 Å². The third-order valence-electron chi connectivity index (χ3n) is 3.61. The average Bonchev–Trinajstić information content (AvgIpc) is 2.96. The molecule has 0 spiro atoms. The van der Waals surface area contributed by atoms with Gasteiger partial charge in [0.1, 0.15) is 0 Å². The SMILES string of the molecule is COc1cccc(C=C2SC(N3CCOCC3)=NC2=O)c1OC. The van der Waals surface area contributed by atoms with Crippen molar-refractivity contribution in [3.8, 4) is 11.5 Å². The molecule has 0 aliphatic carbocycles. The van der Waals surface area contributed by atoms with E-state index in [2.05, 4.69) is 9.89 Å². The molecule has 7 heteroatoms. The summed E-state index contributed by atoms with van der Waals surface area (Å²) in [5.41, 5.74) is 0.793. The van der Waals surface area contributed by atoms with Gasteiger partial charge in [-0.05, 0) is 23.9 Å². The van der Waals surface area contributed by atoms with E-state index < -0.39 is 0 Å². The fraction of sp³-hybridized carbons (Fsp3) is 0.375. The molecule has 23 heavy (non-hydrogen) atoms. The van der Waals surface area contributed by atoms with Crippen molar-refractivity contribution in [3.63, 3.8) is 0 Å². The predicted molar refractivity (Wildman–Crippen MR) is 89.9 cm³/mol. The van der Waals surface area contributed by atoms with Gasteiger partial charge in [0.2, 0.25) is 0 Å². The van der Waals surface area contributed by atoms with Crippen molar-refractivity contribution in [2.24, 2.45) is 4.99 Å². The number of ether oxygens (including phenoxy) is 3. The maximum atomic E-state index is 12.2. The lowest BCUT2D eigenvalue weighted by molar-refractivity contribution is -0.113. The third-order valence-corrected chi connectivity index (χ3v) is 4.66. The van der Waals surface area contributed by atoms with Crippen molar-refractivity contribution in [2.75, 3.05) is 40.5 Å². The van der Waals surface area contributed by atoms with E-state index >= 15 is 0 Å². The van der Waals surface area contributed by atoms with Crippen molar-refractivity contribution in [3.05, 3.63) is 28.7 Å². The molecule has 2 aliphatic rings. The lowest BCUT2D eigenvalue weighted by atomic mass is 10.1. The Kier molecular flexibility index (Phi) is 4.88. The van der Waals surface area contributed by atoms with Crippen LogP contribution in [0.25, 0.3) is 6.08 Å². The molecule has 0 aromatic heterocycles. The Hall–Kier alpha value is -1.99. The zero-order valence-electron chi connectivity index (χ0n) is 13.1. The minimum absolute atomic E-state index is 0.221. The Balaban J connectivity index is 1.83. The van der Waals surface area contributed by atoms with E-state index in [0.29, 0.717) is 29.6 Å². The highest BCUT2D eigenvalue weighted by atomic mass is 32.2. The van der Waals surface area contributed by atoms with E-state index in [9.17, 15) is 4.79 Å². The Bertz CT molecular complexity index is 666. The van der Waals surface area contributed by atoms with Gasteiger partial charge >= 0.3 is 0 Å². The van der Waals surface area contributed by atoms with Gasteiger partial charge in [0.15, 0.2) is 16.7 Å². The largest absolute Gasteiger partial charge is 0.493 e. The second kappa shape index (κ2) is 7.06. The number of benzene rings is 1. The summed E-state index contributed by atoms with van der Waals surface area (Å²) < 4.78 is 16.0. The highest BCUT2D eigenvalue weighted by molar-refractivity contribution is 8.18. The topological polar surface area (TPSA) is 60.4 Å². The number of aliphatic imine (C=N–C) groups is 1. The number of carbonyl (C=O) groups is 1. The summed E-state index contributed by atoms with van der Waals surface area (Å²) in [5.74, 6) is 1.02. The maximum absolute atomic E-state index is 12.2. The lowest BCUT2D eigenvalue weighted by Crippen LogP contribution is -2.38. The van der Waals surface area contributed by atoms with E-state index in [-0.39, 0.29) is 5.91 Å². The number of thioether (sulfide) groups is 1. The van der Waals surface area contributed by atoms with Gasteiger partial charge in [-0.25, -0.2) is 0 Å². The van der Waals surface area contributed by atoms with Crippen LogP contribution >= 0.6 is 11.8 Å². The van der Waals surface area contributed by atoms with Gasteiger partial charge in [0.25, 0.3) is 5.91 Å². The summed E-state index contributed by atoms with van der Waals surface area (Å²) in [7, 11) is 3.17. The van der Waals surface area contributed by atoms with Gasteiger partial charge in [0.05, 0.1) is 32.3 Å². The molecule has 0 unspecified atom stereocenters. The first kappa shape index (κ1) is 15.9. The highest BCUT2D eigenvalue weighted by Crippen LogP contribution is 2.36. The van der Waals surface area contributed by atoms with Crippen LogP contribution in [0.2, 0.25) is 0 Å². The zero-order chi connectivity index (χ0) is 16.2. The van der Waals surface area contributed by atoms with Crippen LogP contribution in [0.5, 0.6) is 11.5 Å². The molecule has 0 N–H and O–H groups in total. The van der Waals surface area contributed by atoms with Crippen LogP contribution in [0.3, 0.4) is 0 Å². The highest BCUT2D eigenvalue weighted by Gasteiger charge is 2.27. The fourth-order valence-corrected chi connectivity index (χ4v) is 3.41. The van der Waals surface area contributed by atoms with E-state index in [1.54, 1.807) is 20.3 Å². The number of methoxy groups -OCH3 is 2. The van der Waals surface area contributed by atoms with Crippen molar-refractivity contribution in [2.45, 2.75) is 0 Å². The molecule has 0 bridgehead atoms. The van der Waals surface area contributed by atoms with Gasteiger partial charge < -0.3 is 19.1 Å². The number of hydrogen-bond donors (Lipinski definition) is 0. The van der Waals surface area contributed by atoms with Crippen LogP contribution in [0.4, 0.5) is 0 Å². The van der Waals surface area contributed by atoms with Crippen LogP contribution < -0.4 is 9.47 Å². The van der Waals surface area contributed by atoms with E-state index in [1.807, 2.05) is 18.2 Å². The molecular weight excluding hydrogens is 316 g/mol. The molecule has 2 heterocycles. The summed E-state index contributed by atoms with van der Waals surface area (Å²) in [5, 5.41) is 0.742. The van der Waals surface area contributed by atoms with Gasteiger partial charge in [0, 0.05) is 18.7 Å². The number of hydrogen-bond acceptors (Lipinski definition) is 6. The van der Waals surface area contributed by atoms with Gasteiger partial charge in [-0.2, -0.15) is 4.99 Å². The number of rotatable bonds is 3. The molecule has 6 nitrogen and oxygen atoms in total. The third kappa shape index (κ3) is 3.35. The molecule has 122 valence electrons. The van der Waals surface area contributed by atoms with Gasteiger partial charge in [-0.15, -0.1) is 0 Å². The Morgan fingerprint density at radius 3 is 2.74 bits per heavy atom. The molecule has 3 rings (SSSR count). The van der Waals surface area contributed by atoms with Gasteiger partial charge in [-0.1, -0.05) is 12.1 Å². The number of carbonyl (C=O) groups excluding carboxylic acids is 1. The molecule has 0 atom stereocenters.